The summed E-state index contributed by atoms with van der Waals surface area (Å²) in [5.74, 6) is -0.0616. The zero-order valence-corrected chi connectivity index (χ0v) is 16.3. The Balaban J connectivity index is 1.71. The van der Waals surface area contributed by atoms with Crippen LogP contribution >= 0.6 is 0 Å². The number of aromatic hydroxyl groups is 1. The highest BCUT2D eigenvalue weighted by atomic mass is 19.1. The molecule has 150 valence electrons. The number of fused-ring (bicyclic) bond motifs is 4. The lowest BCUT2D eigenvalue weighted by molar-refractivity contribution is -0.100. The summed E-state index contributed by atoms with van der Waals surface area (Å²) in [5.41, 5.74) is 1.93. The summed E-state index contributed by atoms with van der Waals surface area (Å²) in [7, 11) is 0. The largest absolute Gasteiger partial charge is 0.508 e. The zero-order valence-electron chi connectivity index (χ0n) is 16.3. The van der Waals surface area contributed by atoms with Gasteiger partial charge in [0.25, 0.3) is 0 Å². The molecule has 4 nitrogen and oxygen atoms in total. The maximum Gasteiger partial charge on any atom is 0.132 e. The molecule has 0 bridgehead atoms. The lowest BCUT2D eigenvalue weighted by atomic mass is 9.56. The highest BCUT2D eigenvalue weighted by Gasteiger charge is 2.57. The van der Waals surface area contributed by atoms with Crippen molar-refractivity contribution in [3.63, 3.8) is 0 Å². The number of phenolic OH excluding ortho intramolecular Hbond substituents is 1. The molecule has 3 N–H and O–H groups in total. The highest BCUT2D eigenvalue weighted by molar-refractivity contribution is 5.86. The Labute approximate surface area is 169 Å². The summed E-state index contributed by atoms with van der Waals surface area (Å²) in [6.45, 7) is 5.85. The Morgan fingerprint density at radius 1 is 1.21 bits per heavy atom. The van der Waals surface area contributed by atoms with E-state index in [4.69, 9.17) is 0 Å². The average molecular weight is 392 g/mol. The van der Waals surface area contributed by atoms with Crippen LogP contribution in [0.2, 0.25) is 0 Å². The monoisotopic (exact) mass is 392 g/mol. The predicted molar refractivity (Wildman–Crippen MR) is 112 cm³/mol. The van der Waals surface area contributed by atoms with E-state index in [2.05, 4.69) is 16.5 Å². The number of aromatic amines is 1. The van der Waals surface area contributed by atoms with E-state index in [1.807, 2.05) is 24.3 Å². The van der Waals surface area contributed by atoms with Crippen LogP contribution in [0.5, 0.6) is 5.75 Å². The van der Waals surface area contributed by atoms with Gasteiger partial charge in [-0.25, -0.2) is 4.39 Å². The van der Waals surface area contributed by atoms with Crippen LogP contribution in [0.15, 0.2) is 55.1 Å². The number of hydrogen-bond acceptors (Lipinski definition) is 3. The fraction of sp³-hybridized carbons (Fsp3) is 0.333. The second kappa shape index (κ2) is 6.44. The zero-order chi connectivity index (χ0) is 20.2. The third-order valence-electron chi connectivity index (χ3n) is 6.93. The van der Waals surface area contributed by atoms with E-state index in [1.165, 1.54) is 6.07 Å². The van der Waals surface area contributed by atoms with Gasteiger partial charge in [0, 0.05) is 47.9 Å². The molecule has 1 fully saturated rings. The number of β-amino-alcohol motifs (C(OH)–C–C–N with tert-alkyl or cyclic N) is 1. The maximum atomic E-state index is 14.7. The Morgan fingerprint density at radius 3 is 2.83 bits per heavy atom. The second-order valence-corrected chi connectivity index (χ2v) is 8.54. The van der Waals surface area contributed by atoms with Gasteiger partial charge in [-0.3, -0.25) is 4.90 Å². The van der Waals surface area contributed by atoms with E-state index in [1.54, 1.807) is 18.2 Å². The van der Waals surface area contributed by atoms with E-state index >= 15 is 0 Å². The Morgan fingerprint density at radius 2 is 2.03 bits per heavy atom. The highest BCUT2D eigenvalue weighted by Crippen LogP contribution is 2.52. The molecular weight excluding hydrogens is 367 g/mol. The smallest absolute Gasteiger partial charge is 0.132 e. The summed E-state index contributed by atoms with van der Waals surface area (Å²) < 4.78 is 14.7. The van der Waals surface area contributed by atoms with Crippen molar-refractivity contribution in [1.82, 2.24) is 9.88 Å². The van der Waals surface area contributed by atoms with Gasteiger partial charge in [0.15, 0.2) is 0 Å². The molecule has 5 heteroatoms. The number of nitrogens with zero attached hydrogens (tertiary/aromatic N) is 1. The van der Waals surface area contributed by atoms with E-state index in [0.29, 0.717) is 31.3 Å². The van der Waals surface area contributed by atoms with Crippen LogP contribution < -0.4 is 0 Å². The van der Waals surface area contributed by atoms with Crippen molar-refractivity contribution in [1.29, 1.82) is 0 Å². The number of piperidine rings is 1. The van der Waals surface area contributed by atoms with Crippen LogP contribution in [0, 0.1) is 5.82 Å². The molecule has 2 aliphatic rings. The molecule has 3 aromatic rings. The van der Waals surface area contributed by atoms with Crippen molar-refractivity contribution in [2.45, 2.75) is 30.3 Å². The molecule has 1 saturated heterocycles. The summed E-state index contributed by atoms with van der Waals surface area (Å²) in [6, 6.07) is 12.3. The predicted octanol–water partition coefficient (Wildman–Crippen LogP) is 3.67. The van der Waals surface area contributed by atoms with Gasteiger partial charge in [0.05, 0.1) is 5.60 Å². The SMILES string of the molecule is C=CCN1CCC2(c3cccc(O)c3)Cc3[nH]c4cccc(F)c4c3CC2(O)C1. The van der Waals surface area contributed by atoms with Gasteiger partial charge in [0.1, 0.15) is 11.6 Å². The average Bonchev–Trinajstić information content (AvgIpc) is 3.03. The first-order chi connectivity index (χ1) is 14.0. The number of hydrogen-bond donors (Lipinski definition) is 3. The first kappa shape index (κ1) is 18.4. The molecular formula is C24H25FN2O2. The van der Waals surface area contributed by atoms with Crippen LogP contribution in [0.25, 0.3) is 10.9 Å². The number of benzene rings is 2. The third-order valence-corrected chi connectivity index (χ3v) is 6.93. The molecule has 29 heavy (non-hydrogen) atoms. The van der Waals surface area contributed by atoms with Crippen LogP contribution in [0.3, 0.4) is 0 Å². The van der Waals surface area contributed by atoms with Gasteiger partial charge in [-0.05, 0) is 48.4 Å². The Kier molecular flexibility index (Phi) is 4.09. The molecule has 2 aromatic carbocycles. The minimum absolute atomic E-state index is 0.196. The van der Waals surface area contributed by atoms with Crippen molar-refractivity contribution in [2.24, 2.45) is 0 Å². The number of likely N-dealkylation sites (tertiary alicyclic amines) is 1. The first-order valence-corrected chi connectivity index (χ1v) is 10.1. The molecule has 2 atom stereocenters. The van der Waals surface area contributed by atoms with Crippen LogP contribution in [0.4, 0.5) is 4.39 Å². The number of rotatable bonds is 3. The van der Waals surface area contributed by atoms with Gasteiger partial charge >= 0.3 is 0 Å². The molecule has 0 saturated carbocycles. The lowest BCUT2D eigenvalue weighted by Crippen LogP contribution is -2.66. The summed E-state index contributed by atoms with van der Waals surface area (Å²) >= 11 is 0. The first-order valence-electron chi connectivity index (χ1n) is 10.1. The molecule has 0 radical (unpaired) electrons. The molecule has 2 unspecified atom stereocenters. The summed E-state index contributed by atoms with van der Waals surface area (Å²) in [4.78, 5) is 5.61. The Bertz CT molecular complexity index is 1110. The molecule has 0 spiro atoms. The normalized spacial score (nSPS) is 26.8. The van der Waals surface area contributed by atoms with Crippen LogP contribution in [-0.4, -0.2) is 45.3 Å². The molecule has 2 heterocycles. The van der Waals surface area contributed by atoms with Gasteiger partial charge in [-0.1, -0.05) is 24.3 Å². The van der Waals surface area contributed by atoms with Crippen molar-refractivity contribution < 1.29 is 14.6 Å². The van der Waals surface area contributed by atoms with Crippen molar-refractivity contribution >= 4 is 10.9 Å². The number of phenols is 1. The van der Waals surface area contributed by atoms with E-state index in [9.17, 15) is 14.6 Å². The Hall–Kier alpha value is -2.63. The number of H-pyrrole nitrogens is 1. The fourth-order valence-corrected chi connectivity index (χ4v) is 5.58. The number of aromatic nitrogens is 1. The third kappa shape index (κ3) is 2.65. The van der Waals surface area contributed by atoms with Crippen LogP contribution in [0.1, 0.15) is 23.2 Å². The maximum absolute atomic E-state index is 14.7. The second-order valence-electron chi connectivity index (χ2n) is 8.54. The standard InChI is InChI=1S/C24H25FN2O2/c1-2-10-27-11-9-23(16-5-3-6-17(28)12-16)14-21-18(13-24(23,29)15-27)22-19(25)7-4-8-20(22)26-21/h2-8,12,26,28-29H,1,9-11,13-15H2. The topological polar surface area (TPSA) is 59.5 Å². The van der Waals surface area contributed by atoms with Crippen molar-refractivity contribution in [3.05, 3.63) is 77.8 Å². The number of aliphatic hydroxyl groups is 1. The van der Waals surface area contributed by atoms with Crippen molar-refractivity contribution in [2.75, 3.05) is 19.6 Å². The fourth-order valence-electron chi connectivity index (χ4n) is 5.58. The molecule has 1 aliphatic heterocycles. The van der Waals surface area contributed by atoms with E-state index in [0.717, 1.165) is 35.3 Å². The van der Waals surface area contributed by atoms with Gasteiger partial charge in [-0.15, -0.1) is 6.58 Å². The number of halogens is 1. The van der Waals surface area contributed by atoms with Crippen LogP contribution in [-0.2, 0) is 18.3 Å². The van der Waals surface area contributed by atoms with Gasteiger partial charge < -0.3 is 15.2 Å². The van der Waals surface area contributed by atoms with Crippen molar-refractivity contribution in [3.8, 4) is 5.75 Å². The molecule has 1 aromatic heterocycles. The molecule has 1 aliphatic carbocycles. The minimum Gasteiger partial charge on any atom is -0.508 e. The lowest BCUT2D eigenvalue weighted by Gasteiger charge is -2.56. The van der Waals surface area contributed by atoms with Gasteiger partial charge in [0.2, 0.25) is 0 Å². The summed E-state index contributed by atoms with van der Waals surface area (Å²) in [6.07, 6.45) is 3.55. The molecule has 5 rings (SSSR count). The van der Waals surface area contributed by atoms with Gasteiger partial charge in [-0.2, -0.15) is 0 Å². The summed E-state index contributed by atoms with van der Waals surface area (Å²) in [5, 5.41) is 22.8. The van der Waals surface area contributed by atoms with E-state index in [-0.39, 0.29) is 11.6 Å². The minimum atomic E-state index is -1.08. The van der Waals surface area contributed by atoms with E-state index < -0.39 is 11.0 Å². The number of nitrogens with one attached hydrogen (secondary N) is 1. The molecule has 0 amide bonds. The quantitative estimate of drug-likeness (QED) is 0.596.